The van der Waals surface area contributed by atoms with Crippen molar-refractivity contribution in [3.8, 4) is 5.69 Å². The van der Waals surface area contributed by atoms with Crippen LogP contribution in [-0.2, 0) is 5.60 Å². The number of benzene rings is 2. The summed E-state index contributed by atoms with van der Waals surface area (Å²) in [6.45, 7) is 2.68. The molecule has 0 bridgehead atoms. The van der Waals surface area contributed by atoms with Gasteiger partial charge in [0, 0.05) is 17.7 Å². The third-order valence-electron chi connectivity index (χ3n) is 4.13. The molecule has 0 amide bonds. The van der Waals surface area contributed by atoms with Crippen LogP contribution in [0.1, 0.15) is 23.9 Å². The second-order valence-electron chi connectivity index (χ2n) is 6.06. The first-order valence-corrected chi connectivity index (χ1v) is 8.37. The van der Waals surface area contributed by atoms with Crippen molar-refractivity contribution in [1.82, 2.24) is 9.55 Å². The summed E-state index contributed by atoms with van der Waals surface area (Å²) in [5.41, 5.74) is -2.70. The minimum atomic E-state index is -2.09. The molecule has 0 saturated carbocycles. The number of rotatable bonds is 3. The molecule has 3 aromatic rings. The van der Waals surface area contributed by atoms with Gasteiger partial charge in [-0.15, -0.1) is 0 Å². The molecule has 2 aromatic carbocycles. The average molecular weight is 419 g/mol. The Morgan fingerprint density at radius 2 is 1.63 bits per heavy atom. The molecule has 1 N–H and O–H groups in total. The average Bonchev–Trinajstić information content (AvgIpc) is 2.81. The topological polar surface area (TPSA) is 38.0 Å². The number of aliphatic hydroxyl groups is 1. The zero-order valence-corrected chi connectivity index (χ0v) is 15.5. The van der Waals surface area contributed by atoms with Crippen molar-refractivity contribution in [3.63, 3.8) is 0 Å². The molecule has 1 heterocycles. The second kappa shape index (κ2) is 6.82. The summed E-state index contributed by atoms with van der Waals surface area (Å²) in [7, 11) is 0. The monoisotopic (exact) mass is 418 g/mol. The van der Waals surface area contributed by atoms with Crippen LogP contribution in [0.2, 0.25) is 10.3 Å². The van der Waals surface area contributed by atoms with Gasteiger partial charge in [-0.25, -0.2) is 22.5 Å². The van der Waals surface area contributed by atoms with Crippen LogP contribution < -0.4 is 0 Å². The Labute approximate surface area is 161 Å². The summed E-state index contributed by atoms with van der Waals surface area (Å²) in [5.74, 6) is -3.82. The van der Waals surface area contributed by atoms with Crippen LogP contribution in [-0.4, -0.2) is 14.7 Å². The van der Waals surface area contributed by atoms with Crippen LogP contribution in [0.25, 0.3) is 5.69 Å². The molecule has 3 nitrogen and oxygen atoms in total. The fourth-order valence-corrected chi connectivity index (χ4v) is 3.60. The van der Waals surface area contributed by atoms with E-state index in [1.807, 2.05) is 0 Å². The summed E-state index contributed by atoms with van der Waals surface area (Å²) in [6, 6.07) is 4.08. The highest BCUT2D eigenvalue weighted by Crippen LogP contribution is 2.39. The normalized spacial score (nSPS) is 13.7. The van der Waals surface area contributed by atoms with Crippen molar-refractivity contribution in [2.24, 2.45) is 0 Å². The molecule has 27 heavy (non-hydrogen) atoms. The Balaban J connectivity index is 2.33. The van der Waals surface area contributed by atoms with E-state index in [1.54, 1.807) is 0 Å². The van der Waals surface area contributed by atoms with E-state index in [9.17, 15) is 22.7 Å². The van der Waals surface area contributed by atoms with Gasteiger partial charge in [0.1, 0.15) is 28.7 Å². The number of hydrogen-bond acceptors (Lipinski definition) is 2. The fraction of sp³-hybridized carbons (Fsp3) is 0.167. The number of aryl methyl sites for hydroxylation is 1. The van der Waals surface area contributed by atoms with Crippen molar-refractivity contribution in [2.45, 2.75) is 19.4 Å². The lowest BCUT2D eigenvalue weighted by Crippen LogP contribution is -2.29. The molecular weight excluding hydrogens is 407 g/mol. The van der Waals surface area contributed by atoms with Crippen LogP contribution in [0.4, 0.5) is 17.6 Å². The van der Waals surface area contributed by atoms with E-state index < -0.39 is 28.9 Å². The highest BCUT2D eigenvalue weighted by molar-refractivity contribution is 6.33. The molecule has 1 aromatic heterocycles. The zero-order valence-electron chi connectivity index (χ0n) is 14.0. The second-order valence-corrected chi connectivity index (χ2v) is 6.81. The van der Waals surface area contributed by atoms with E-state index >= 15 is 0 Å². The minimum absolute atomic E-state index is 0.106. The lowest BCUT2D eigenvalue weighted by atomic mass is 9.90. The molecule has 9 heteroatoms. The van der Waals surface area contributed by atoms with Crippen LogP contribution >= 0.6 is 23.2 Å². The first-order chi connectivity index (χ1) is 12.5. The Morgan fingerprint density at radius 1 is 1.00 bits per heavy atom. The summed E-state index contributed by atoms with van der Waals surface area (Å²) in [6.07, 6.45) is 0. The maximum Gasteiger partial charge on any atom is 0.208 e. The summed E-state index contributed by atoms with van der Waals surface area (Å²) in [5, 5.41) is 10.5. The Kier molecular flexibility index (Phi) is 4.96. The Bertz CT molecular complexity index is 1030. The lowest BCUT2D eigenvalue weighted by molar-refractivity contribution is 0.0904. The van der Waals surface area contributed by atoms with Crippen LogP contribution in [0, 0.1) is 30.2 Å². The van der Waals surface area contributed by atoms with Crippen LogP contribution in [0.5, 0.6) is 0 Å². The number of imidazole rings is 1. The predicted octanol–water partition coefficient (Wildman–Crippen LogP) is 5.30. The minimum Gasteiger partial charge on any atom is -0.379 e. The molecule has 1 atom stereocenters. The van der Waals surface area contributed by atoms with E-state index in [0.717, 1.165) is 22.8 Å². The Hall–Kier alpha value is -2.09. The third-order valence-corrected chi connectivity index (χ3v) is 4.67. The maximum atomic E-state index is 14.5. The van der Waals surface area contributed by atoms with Crippen LogP contribution in [0.3, 0.4) is 0 Å². The summed E-state index contributed by atoms with van der Waals surface area (Å²) in [4.78, 5) is 3.98. The molecule has 142 valence electrons. The van der Waals surface area contributed by atoms with Crippen LogP contribution in [0.15, 0.2) is 30.3 Å². The molecule has 3 rings (SSSR count). The smallest absolute Gasteiger partial charge is 0.208 e. The largest absolute Gasteiger partial charge is 0.379 e. The lowest BCUT2D eigenvalue weighted by Gasteiger charge is -2.27. The molecule has 0 spiro atoms. The van der Waals surface area contributed by atoms with Crippen molar-refractivity contribution in [3.05, 3.63) is 80.9 Å². The van der Waals surface area contributed by atoms with Gasteiger partial charge < -0.3 is 5.11 Å². The van der Waals surface area contributed by atoms with Gasteiger partial charge >= 0.3 is 0 Å². The summed E-state index contributed by atoms with van der Waals surface area (Å²) >= 11 is 12.1. The number of hydrogen-bond donors (Lipinski definition) is 1. The first kappa shape index (κ1) is 19.7. The van der Waals surface area contributed by atoms with Gasteiger partial charge in [0.05, 0.1) is 16.4 Å². The van der Waals surface area contributed by atoms with Gasteiger partial charge in [-0.1, -0.05) is 11.6 Å². The molecule has 0 fully saturated rings. The molecule has 0 saturated heterocycles. The van der Waals surface area contributed by atoms with Gasteiger partial charge in [0.15, 0.2) is 5.82 Å². The van der Waals surface area contributed by atoms with Crippen molar-refractivity contribution >= 4 is 23.2 Å². The van der Waals surface area contributed by atoms with E-state index in [-0.39, 0.29) is 32.9 Å². The molecule has 1 unspecified atom stereocenters. The van der Waals surface area contributed by atoms with Crippen molar-refractivity contribution in [1.29, 1.82) is 0 Å². The van der Waals surface area contributed by atoms with Crippen molar-refractivity contribution in [2.75, 3.05) is 0 Å². The number of halogens is 6. The van der Waals surface area contributed by atoms with E-state index in [1.165, 1.54) is 13.8 Å². The number of aromatic nitrogens is 2. The van der Waals surface area contributed by atoms with Gasteiger partial charge in [0.25, 0.3) is 0 Å². The van der Waals surface area contributed by atoms with Gasteiger partial charge in [-0.3, -0.25) is 4.57 Å². The molecule has 0 aliphatic rings. The highest BCUT2D eigenvalue weighted by Gasteiger charge is 2.37. The molecule has 0 aliphatic heterocycles. The van der Waals surface area contributed by atoms with E-state index in [0.29, 0.717) is 12.1 Å². The Morgan fingerprint density at radius 3 is 2.22 bits per heavy atom. The van der Waals surface area contributed by atoms with E-state index in [4.69, 9.17) is 23.2 Å². The first-order valence-electron chi connectivity index (χ1n) is 7.62. The van der Waals surface area contributed by atoms with E-state index in [2.05, 4.69) is 4.98 Å². The molecule has 0 aliphatic carbocycles. The highest BCUT2D eigenvalue weighted by atomic mass is 35.5. The van der Waals surface area contributed by atoms with Gasteiger partial charge in [-0.2, -0.15) is 0 Å². The summed E-state index contributed by atoms with van der Waals surface area (Å²) < 4.78 is 56.4. The standard InChI is InChI=1S/C18H12Cl2F4N2O/c1-8-16(18(2,27)11-4-3-9(21)6-13(11)23)26(17(20)25-8)15-12(19)5-10(22)7-14(15)24/h3-7,27H,1-2H3. The molecule has 0 radical (unpaired) electrons. The third kappa shape index (κ3) is 3.31. The van der Waals surface area contributed by atoms with Gasteiger partial charge in [-0.05, 0) is 43.6 Å². The quantitative estimate of drug-likeness (QED) is 0.586. The molecular formula is C18H12Cl2F4N2O. The maximum absolute atomic E-state index is 14.5. The zero-order chi connectivity index (χ0) is 20.1. The fourth-order valence-electron chi connectivity index (χ4n) is 3.03. The SMILES string of the molecule is Cc1nc(Cl)n(-c2c(F)cc(F)cc2Cl)c1C(C)(O)c1ccc(F)cc1F. The predicted molar refractivity (Wildman–Crippen MR) is 93.3 cm³/mol. The van der Waals surface area contributed by atoms with Gasteiger partial charge in [0.2, 0.25) is 5.28 Å². The van der Waals surface area contributed by atoms with Crippen molar-refractivity contribution < 1.29 is 22.7 Å². The number of nitrogens with zero attached hydrogens (tertiary/aromatic N) is 2.